The Morgan fingerprint density at radius 3 is 2.41 bits per heavy atom. The first-order chi connectivity index (χ1) is 13.2. The van der Waals surface area contributed by atoms with Crippen molar-refractivity contribution in [2.24, 2.45) is 7.05 Å². The highest BCUT2D eigenvalue weighted by Crippen LogP contribution is 2.38. The van der Waals surface area contributed by atoms with E-state index < -0.39 is 0 Å². The Morgan fingerprint density at radius 2 is 1.70 bits per heavy atom. The summed E-state index contributed by atoms with van der Waals surface area (Å²) in [6.07, 6.45) is 3.45. The maximum Gasteiger partial charge on any atom is 0.206 e. The normalized spacial score (nSPS) is 17.7. The Hall–Kier alpha value is -2.63. The fraction of sp³-hybridized carbons (Fsp3) is 0.476. The molecule has 27 heavy (non-hydrogen) atoms. The number of hydrogen-bond donors (Lipinski definition) is 0. The third-order valence-electron chi connectivity index (χ3n) is 5.74. The van der Waals surface area contributed by atoms with Crippen LogP contribution in [0.25, 0.3) is 11.0 Å². The predicted octanol–water partition coefficient (Wildman–Crippen LogP) is 3.13. The molecule has 0 amide bonds. The Bertz CT molecular complexity index is 966. The molecule has 1 aromatic carbocycles. The second kappa shape index (κ2) is 6.51. The Morgan fingerprint density at radius 1 is 0.963 bits per heavy atom. The molecule has 1 saturated carbocycles. The highest BCUT2D eigenvalue weighted by Gasteiger charge is 2.28. The van der Waals surface area contributed by atoms with Crippen molar-refractivity contribution in [2.45, 2.75) is 32.1 Å². The molecular formula is C21H26N6. The van der Waals surface area contributed by atoms with Crippen LogP contribution in [0, 0.1) is 0 Å². The molecule has 6 nitrogen and oxygen atoms in total. The molecule has 0 bridgehead atoms. The second-order valence-corrected chi connectivity index (χ2v) is 7.64. The number of aryl methyl sites for hydroxylation is 2. The zero-order valence-electron chi connectivity index (χ0n) is 16.1. The van der Waals surface area contributed by atoms with Crippen molar-refractivity contribution in [1.29, 1.82) is 0 Å². The van der Waals surface area contributed by atoms with Gasteiger partial charge >= 0.3 is 0 Å². The van der Waals surface area contributed by atoms with Gasteiger partial charge in [0.15, 0.2) is 0 Å². The van der Waals surface area contributed by atoms with Gasteiger partial charge in [-0.25, -0.2) is 15.0 Å². The number of fused-ring (bicyclic) bond motifs is 1. The van der Waals surface area contributed by atoms with Gasteiger partial charge in [-0.15, -0.1) is 0 Å². The number of anilines is 2. The number of piperazine rings is 1. The van der Waals surface area contributed by atoms with Crippen molar-refractivity contribution in [3.8, 4) is 0 Å². The van der Waals surface area contributed by atoms with Gasteiger partial charge in [-0.3, -0.25) is 0 Å². The van der Waals surface area contributed by atoms with Crippen LogP contribution in [0.1, 0.15) is 37.2 Å². The van der Waals surface area contributed by atoms with Gasteiger partial charge in [0.2, 0.25) is 5.95 Å². The van der Waals surface area contributed by atoms with E-state index in [9.17, 15) is 0 Å². The maximum atomic E-state index is 4.89. The lowest BCUT2D eigenvalue weighted by molar-refractivity contribution is 0.624. The fourth-order valence-electron chi connectivity index (χ4n) is 3.92. The average Bonchev–Trinajstić information content (AvgIpc) is 3.52. The molecule has 0 unspecified atom stereocenters. The summed E-state index contributed by atoms with van der Waals surface area (Å²) in [5.41, 5.74) is 3.42. The van der Waals surface area contributed by atoms with Gasteiger partial charge < -0.3 is 14.4 Å². The van der Waals surface area contributed by atoms with E-state index >= 15 is 0 Å². The third kappa shape index (κ3) is 3.03. The lowest BCUT2D eigenvalue weighted by Gasteiger charge is -2.36. The summed E-state index contributed by atoms with van der Waals surface area (Å²) >= 11 is 0. The van der Waals surface area contributed by atoms with E-state index in [2.05, 4.69) is 58.7 Å². The first kappa shape index (κ1) is 16.5. The van der Waals surface area contributed by atoms with E-state index in [-0.39, 0.29) is 0 Å². The molecule has 2 fully saturated rings. The smallest absolute Gasteiger partial charge is 0.206 e. The average molecular weight is 362 g/mol. The van der Waals surface area contributed by atoms with Crippen LogP contribution in [-0.4, -0.2) is 45.7 Å². The van der Waals surface area contributed by atoms with Crippen LogP contribution in [0.3, 0.4) is 0 Å². The molecule has 140 valence electrons. The van der Waals surface area contributed by atoms with Gasteiger partial charge in [0.05, 0.1) is 11.0 Å². The van der Waals surface area contributed by atoms with Crippen LogP contribution in [-0.2, 0) is 13.5 Å². The third-order valence-corrected chi connectivity index (χ3v) is 5.74. The first-order valence-corrected chi connectivity index (χ1v) is 10.0. The molecule has 0 atom stereocenters. The molecule has 1 saturated heterocycles. The van der Waals surface area contributed by atoms with E-state index in [0.29, 0.717) is 5.92 Å². The van der Waals surface area contributed by atoms with Crippen LogP contribution >= 0.6 is 0 Å². The zero-order valence-corrected chi connectivity index (χ0v) is 16.1. The van der Waals surface area contributed by atoms with Crippen molar-refractivity contribution in [1.82, 2.24) is 19.5 Å². The number of hydrogen-bond acceptors (Lipinski definition) is 5. The van der Waals surface area contributed by atoms with Crippen LogP contribution in [0.5, 0.6) is 0 Å². The van der Waals surface area contributed by atoms with E-state index in [1.807, 2.05) is 0 Å². The fourth-order valence-corrected chi connectivity index (χ4v) is 3.92. The molecular weight excluding hydrogens is 336 g/mol. The number of aromatic nitrogens is 4. The molecule has 2 aliphatic rings. The topological polar surface area (TPSA) is 50.1 Å². The van der Waals surface area contributed by atoms with Crippen LogP contribution in [0.4, 0.5) is 11.8 Å². The molecule has 0 radical (unpaired) electrons. The molecule has 0 spiro atoms. The standard InChI is InChI=1S/C21H26N6/c1-3-16-14-19(24-20(22-16)15-8-9-15)26-10-12-27(13-11-26)21-23-17-6-4-5-7-18(17)25(21)2/h4-7,14-15H,3,8-13H2,1-2H3. The molecule has 3 heterocycles. The summed E-state index contributed by atoms with van der Waals surface area (Å²) in [7, 11) is 2.11. The minimum atomic E-state index is 0.594. The summed E-state index contributed by atoms with van der Waals surface area (Å²) in [6.45, 7) is 6.02. The van der Waals surface area contributed by atoms with E-state index in [4.69, 9.17) is 15.0 Å². The van der Waals surface area contributed by atoms with Crippen LogP contribution in [0.2, 0.25) is 0 Å². The van der Waals surface area contributed by atoms with E-state index in [1.165, 1.54) is 24.1 Å². The largest absolute Gasteiger partial charge is 0.353 e. The molecule has 2 aromatic heterocycles. The monoisotopic (exact) mass is 362 g/mol. The van der Waals surface area contributed by atoms with Crippen molar-refractivity contribution in [3.05, 3.63) is 41.9 Å². The molecule has 5 rings (SSSR count). The summed E-state index contributed by atoms with van der Waals surface area (Å²) in [5, 5.41) is 0. The minimum absolute atomic E-state index is 0.594. The summed E-state index contributed by atoms with van der Waals surface area (Å²) in [6, 6.07) is 10.5. The highest BCUT2D eigenvalue weighted by molar-refractivity contribution is 5.78. The molecule has 3 aromatic rings. The number of imidazole rings is 1. The summed E-state index contributed by atoms with van der Waals surface area (Å²) < 4.78 is 2.20. The summed E-state index contributed by atoms with van der Waals surface area (Å²) in [4.78, 5) is 19.3. The van der Waals surface area contributed by atoms with Gasteiger partial charge in [-0.1, -0.05) is 19.1 Å². The molecule has 0 N–H and O–H groups in total. The zero-order chi connectivity index (χ0) is 18.4. The molecule has 1 aliphatic heterocycles. The SMILES string of the molecule is CCc1cc(N2CCN(c3nc4ccccc4n3C)CC2)nc(C2CC2)n1. The number of benzene rings is 1. The van der Waals surface area contributed by atoms with Crippen molar-refractivity contribution >= 4 is 22.8 Å². The summed E-state index contributed by atoms with van der Waals surface area (Å²) in [5.74, 6) is 3.82. The van der Waals surface area contributed by atoms with Gasteiger partial charge in [0.1, 0.15) is 11.6 Å². The van der Waals surface area contributed by atoms with Crippen molar-refractivity contribution in [2.75, 3.05) is 36.0 Å². The Kier molecular flexibility index (Phi) is 3.99. The van der Waals surface area contributed by atoms with E-state index in [1.54, 1.807) is 0 Å². The van der Waals surface area contributed by atoms with Crippen LogP contribution < -0.4 is 9.80 Å². The molecule has 1 aliphatic carbocycles. The quantitative estimate of drug-likeness (QED) is 0.714. The van der Waals surface area contributed by atoms with Gasteiger partial charge in [0.25, 0.3) is 0 Å². The number of rotatable bonds is 4. The number of nitrogens with zero attached hydrogens (tertiary/aromatic N) is 6. The first-order valence-electron chi connectivity index (χ1n) is 10.0. The van der Waals surface area contributed by atoms with Gasteiger partial charge in [0, 0.05) is 50.9 Å². The lowest BCUT2D eigenvalue weighted by atomic mass is 10.2. The minimum Gasteiger partial charge on any atom is -0.353 e. The van der Waals surface area contributed by atoms with Crippen molar-refractivity contribution < 1.29 is 0 Å². The Balaban J connectivity index is 1.35. The predicted molar refractivity (Wildman–Crippen MR) is 109 cm³/mol. The number of para-hydroxylation sites is 2. The Labute approximate surface area is 159 Å². The van der Waals surface area contributed by atoms with Crippen molar-refractivity contribution in [3.63, 3.8) is 0 Å². The lowest BCUT2D eigenvalue weighted by Crippen LogP contribution is -2.47. The second-order valence-electron chi connectivity index (χ2n) is 7.64. The maximum absolute atomic E-state index is 4.89. The highest BCUT2D eigenvalue weighted by atomic mass is 15.4. The van der Waals surface area contributed by atoms with Gasteiger partial charge in [-0.2, -0.15) is 0 Å². The van der Waals surface area contributed by atoms with Gasteiger partial charge in [-0.05, 0) is 31.4 Å². The van der Waals surface area contributed by atoms with E-state index in [0.717, 1.165) is 55.7 Å². The molecule has 6 heteroatoms. The van der Waals surface area contributed by atoms with Crippen LogP contribution in [0.15, 0.2) is 30.3 Å².